The van der Waals surface area contributed by atoms with Crippen LogP contribution in [0.5, 0.6) is 0 Å². The number of sulfone groups is 1. The summed E-state index contributed by atoms with van der Waals surface area (Å²) in [5.74, 6) is -1.97. The Hall–Kier alpha value is -3.94. The van der Waals surface area contributed by atoms with Crippen molar-refractivity contribution in [2.45, 2.75) is 24.3 Å². The molecule has 0 aliphatic carbocycles. The fraction of sp³-hybridized carbons (Fsp3) is 0.321. The van der Waals surface area contributed by atoms with Crippen molar-refractivity contribution in [2.75, 3.05) is 50.1 Å². The van der Waals surface area contributed by atoms with E-state index in [1.165, 1.54) is 12.1 Å². The molecule has 2 aromatic carbocycles. The predicted molar refractivity (Wildman–Crippen MR) is 154 cm³/mol. The maximum absolute atomic E-state index is 15.0. The molecule has 0 radical (unpaired) electrons. The Morgan fingerprint density at radius 2 is 1.83 bits per heavy atom. The van der Waals surface area contributed by atoms with Crippen LogP contribution in [0.3, 0.4) is 0 Å². The number of halogens is 2. The van der Waals surface area contributed by atoms with Crippen molar-refractivity contribution >= 4 is 44.0 Å². The molecule has 0 spiro atoms. The SMILES string of the molecule is CC(C(=O)Nc1cccc2c(-c3nc(Nc4cccc(S(C)(=O)=O)c4F)ncc3F)c[nH]c12)N1CCCN(C)CC1. The number of H-pyrrole nitrogens is 1. The van der Waals surface area contributed by atoms with E-state index in [0.717, 1.165) is 51.1 Å². The molecule has 3 heterocycles. The van der Waals surface area contributed by atoms with Crippen LogP contribution < -0.4 is 10.6 Å². The van der Waals surface area contributed by atoms with Gasteiger partial charge in [0.15, 0.2) is 21.5 Å². The van der Waals surface area contributed by atoms with Gasteiger partial charge < -0.3 is 20.5 Å². The number of aromatic nitrogens is 3. The van der Waals surface area contributed by atoms with Gasteiger partial charge in [-0.15, -0.1) is 0 Å². The first-order chi connectivity index (χ1) is 19.5. The van der Waals surface area contributed by atoms with Crippen molar-refractivity contribution in [2.24, 2.45) is 0 Å². The molecule has 1 aliphatic heterocycles. The zero-order chi connectivity index (χ0) is 29.3. The number of anilines is 3. The molecule has 5 rings (SSSR count). The summed E-state index contributed by atoms with van der Waals surface area (Å²) < 4.78 is 53.6. The van der Waals surface area contributed by atoms with Gasteiger partial charge in [0, 0.05) is 43.0 Å². The van der Waals surface area contributed by atoms with Crippen LogP contribution in [0.1, 0.15) is 13.3 Å². The number of carbonyl (C=O) groups excluding carboxylic acids is 1. The van der Waals surface area contributed by atoms with Gasteiger partial charge in [-0.05, 0) is 45.1 Å². The second-order valence-electron chi connectivity index (χ2n) is 10.2. The number of nitrogens with one attached hydrogen (secondary N) is 3. The van der Waals surface area contributed by atoms with Crippen LogP contribution in [-0.4, -0.2) is 84.6 Å². The number of para-hydroxylation sites is 1. The Bertz CT molecular complexity index is 1710. The van der Waals surface area contributed by atoms with E-state index in [9.17, 15) is 22.0 Å². The van der Waals surface area contributed by atoms with Crippen molar-refractivity contribution in [3.63, 3.8) is 0 Å². The summed E-state index contributed by atoms with van der Waals surface area (Å²) >= 11 is 0. The van der Waals surface area contributed by atoms with E-state index in [1.54, 1.807) is 24.4 Å². The molecule has 0 bridgehead atoms. The zero-order valence-corrected chi connectivity index (χ0v) is 23.7. The van der Waals surface area contributed by atoms with E-state index in [0.29, 0.717) is 22.2 Å². The van der Waals surface area contributed by atoms with Crippen LogP contribution in [-0.2, 0) is 14.6 Å². The van der Waals surface area contributed by atoms with E-state index in [4.69, 9.17) is 0 Å². The molecule has 1 atom stereocenters. The van der Waals surface area contributed by atoms with Crippen LogP contribution in [0.15, 0.2) is 53.7 Å². The average molecular weight is 584 g/mol. The first kappa shape index (κ1) is 28.6. The fourth-order valence-corrected chi connectivity index (χ4v) is 5.70. The number of nitrogens with zero attached hydrogens (tertiary/aromatic N) is 4. The highest BCUT2D eigenvalue weighted by Crippen LogP contribution is 2.34. The van der Waals surface area contributed by atoms with Crippen LogP contribution in [0.4, 0.5) is 26.1 Å². The number of fused-ring (bicyclic) bond motifs is 1. The van der Waals surface area contributed by atoms with Gasteiger partial charge in [0.05, 0.1) is 29.1 Å². The molecular weight excluding hydrogens is 552 g/mol. The Morgan fingerprint density at radius 1 is 1.07 bits per heavy atom. The van der Waals surface area contributed by atoms with E-state index in [-0.39, 0.29) is 29.3 Å². The summed E-state index contributed by atoms with van der Waals surface area (Å²) in [6.45, 7) is 5.41. The van der Waals surface area contributed by atoms with Gasteiger partial charge in [-0.2, -0.15) is 0 Å². The third-order valence-corrected chi connectivity index (χ3v) is 8.38. The number of carbonyl (C=O) groups is 1. The van der Waals surface area contributed by atoms with Crippen molar-refractivity contribution in [3.05, 3.63) is 60.4 Å². The average Bonchev–Trinajstić information content (AvgIpc) is 3.24. The quantitative estimate of drug-likeness (QED) is 0.298. The summed E-state index contributed by atoms with van der Waals surface area (Å²) in [4.78, 5) is 28.4. The molecule has 1 unspecified atom stereocenters. The molecule has 10 nitrogen and oxygen atoms in total. The highest BCUT2D eigenvalue weighted by atomic mass is 32.2. The molecule has 13 heteroatoms. The van der Waals surface area contributed by atoms with Gasteiger partial charge in [-0.1, -0.05) is 18.2 Å². The molecule has 1 saturated heterocycles. The second kappa shape index (κ2) is 11.5. The molecular formula is C28H31F2N7O3S. The van der Waals surface area contributed by atoms with E-state index >= 15 is 0 Å². The molecule has 0 saturated carbocycles. The molecule has 1 amide bonds. The first-order valence-corrected chi connectivity index (χ1v) is 15.0. The third-order valence-electron chi connectivity index (χ3n) is 7.26. The Kier molecular flexibility index (Phi) is 8.02. The predicted octanol–water partition coefficient (Wildman–Crippen LogP) is 4.01. The van der Waals surface area contributed by atoms with Gasteiger partial charge >= 0.3 is 0 Å². The monoisotopic (exact) mass is 583 g/mol. The zero-order valence-electron chi connectivity index (χ0n) is 22.9. The second-order valence-corrected chi connectivity index (χ2v) is 12.2. The third kappa shape index (κ3) is 6.06. The number of hydrogen-bond donors (Lipinski definition) is 3. The topological polar surface area (TPSA) is 123 Å². The summed E-state index contributed by atoms with van der Waals surface area (Å²) in [6, 6.07) is 8.84. The standard InChI is InChI=1S/C28H31F2N7O3S/c1-17(37-12-6-11-36(2)13-14-37)27(38)33-22-9-4-7-18-19(15-31-26(18)22)25-20(29)16-32-28(35-25)34-21-8-5-10-23(24(21)30)41(3,39)40/h4-5,7-10,15-17,31H,6,11-14H2,1-3H3,(H,33,38)(H,32,34,35). The highest BCUT2D eigenvalue weighted by Gasteiger charge is 2.24. The van der Waals surface area contributed by atoms with Crippen molar-refractivity contribution in [3.8, 4) is 11.3 Å². The lowest BCUT2D eigenvalue weighted by molar-refractivity contribution is -0.120. The normalized spacial score (nSPS) is 15.9. The van der Waals surface area contributed by atoms with Crippen molar-refractivity contribution < 1.29 is 22.0 Å². The lowest BCUT2D eigenvalue weighted by Gasteiger charge is -2.26. The van der Waals surface area contributed by atoms with Crippen LogP contribution in [0.25, 0.3) is 22.2 Å². The van der Waals surface area contributed by atoms with E-state index in [2.05, 4.69) is 42.4 Å². The molecule has 3 N–H and O–H groups in total. The molecule has 1 aliphatic rings. The van der Waals surface area contributed by atoms with Crippen LogP contribution >= 0.6 is 0 Å². The van der Waals surface area contributed by atoms with E-state index in [1.807, 2.05) is 6.92 Å². The van der Waals surface area contributed by atoms with Gasteiger partial charge in [0.2, 0.25) is 11.9 Å². The molecule has 1 fully saturated rings. The minimum absolute atomic E-state index is 0.0565. The van der Waals surface area contributed by atoms with Gasteiger partial charge in [-0.25, -0.2) is 27.2 Å². The number of aromatic amines is 1. The maximum Gasteiger partial charge on any atom is 0.241 e. The number of amides is 1. The molecule has 2 aromatic heterocycles. The number of benzene rings is 2. The minimum atomic E-state index is -3.81. The molecule has 41 heavy (non-hydrogen) atoms. The number of likely N-dealkylation sites (N-methyl/N-ethyl adjacent to an activating group) is 1. The Morgan fingerprint density at radius 3 is 2.61 bits per heavy atom. The maximum atomic E-state index is 15.0. The molecule has 4 aromatic rings. The smallest absolute Gasteiger partial charge is 0.241 e. The first-order valence-electron chi connectivity index (χ1n) is 13.1. The van der Waals surface area contributed by atoms with Crippen LogP contribution in [0.2, 0.25) is 0 Å². The summed E-state index contributed by atoms with van der Waals surface area (Å²) in [6.07, 6.45) is 4.42. The Labute approximate surface area is 236 Å². The number of hydrogen-bond acceptors (Lipinski definition) is 8. The minimum Gasteiger partial charge on any atom is -0.359 e. The van der Waals surface area contributed by atoms with Gasteiger partial charge in [0.25, 0.3) is 0 Å². The summed E-state index contributed by atoms with van der Waals surface area (Å²) in [7, 11) is -1.73. The Balaban J connectivity index is 1.41. The molecule has 216 valence electrons. The number of rotatable bonds is 7. The van der Waals surface area contributed by atoms with E-state index < -0.39 is 26.4 Å². The lowest BCUT2D eigenvalue weighted by Crippen LogP contribution is -2.43. The lowest BCUT2D eigenvalue weighted by atomic mass is 10.1. The summed E-state index contributed by atoms with van der Waals surface area (Å²) in [5, 5.41) is 6.26. The van der Waals surface area contributed by atoms with Crippen molar-refractivity contribution in [1.82, 2.24) is 24.8 Å². The largest absolute Gasteiger partial charge is 0.359 e. The summed E-state index contributed by atoms with van der Waals surface area (Å²) in [5.41, 5.74) is 1.33. The van der Waals surface area contributed by atoms with Crippen LogP contribution in [0, 0.1) is 11.6 Å². The highest BCUT2D eigenvalue weighted by molar-refractivity contribution is 7.90. The fourth-order valence-electron chi connectivity index (χ4n) is 4.94. The van der Waals surface area contributed by atoms with Gasteiger partial charge in [0.1, 0.15) is 10.6 Å². The van der Waals surface area contributed by atoms with Crippen molar-refractivity contribution in [1.29, 1.82) is 0 Å². The van der Waals surface area contributed by atoms with Gasteiger partial charge in [-0.3, -0.25) is 9.69 Å².